The van der Waals surface area contributed by atoms with E-state index >= 15 is 0 Å². The maximum atomic E-state index is 10.8. The first kappa shape index (κ1) is 13.5. The van der Waals surface area contributed by atoms with Crippen LogP contribution in [0, 0.1) is 17.8 Å². The van der Waals surface area contributed by atoms with Gasteiger partial charge in [0.05, 0.1) is 5.92 Å². The molecule has 0 saturated heterocycles. The number of hydrogen-bond donors (Lipinski definition) is 2. The highest BCUT2D eigenvalue weighted by atomic mass is 16.4. The summed E-state index contributed by atoms with van der Waals surface area (Å²) >= 11 is 0. The minimum Gasteiger partial charge on any atom is -0.481 e. The molecule has 2 unspecified atom stereocenters. The highest BCUT2D eigenvalue weighted by molar-refractivity contribution is 5.70. The van der Waals surface area contributed by atoms with Gasteiger partial charge in [-0.2, -0.15) is 0 Å². The van der Waals surface area contributed by atoms with Gasteiger partial charge in [0, 0.05) is 6.04 Å². The van der Waals surface area contributed by atoms with E-state index in [0.29, 0.717) is 5.92 Å². The maximum absolute atomic E-state index is 10.8. The number of nitrogens with two attached hydrogens (primary N) is 1. The van der Waals surface area contributed by atoms with Crippen LogP contribution in [-0.4, -0.2) is 17.1 Å². The maximum Gasteiger partial charge on any atom is 0.307 e. The fraction of sp³-hybridized carbons (Fsp3) is 0.923. The summed E-state index contributed by atoms with van der Waals surface area (Å²) in [5.41, 5.74) is 5.89. The van der Waals surface area contributed by atoms with Crippen molar-refractivity contribution in [2.45, 2.75) is 58.4 Å². The van der Waals surface area contributed by atoms with Crippen LogP contribution in [0.5, 0.6) is 0 Å². The van der Waals surface area contributed by atoms with E-state index in [-0.39, 0.29) is 6.04 Å². The van der Waals surface area contributed by atoms with E-state index in [0.717, 1.165) is 12.3 Å². The van der Waals surface area contributed by atoms with Gasteiger partial charge in [-0.3, -0.25) is 4.79 Å². The molecule has 3 nitrogen and oxygen atoms in total. The molecule has 16 heavy (non-hydrogen) atoms. The number of carboxylic acid groups (broad SMARTS) is 1. The average molecular weight is 227 g/mol. The summed E-state index contributed by atoms with van der Waals surface area (Å²) in [6.45, 7) is 3.89. The molecule has 0 amide bonds. The third-order valence-electron chi connectivity index (χ3n) is 4.00. The standard InChI is InChI=1S/C13H25NO2/c1-9(6-7-11-4-3-5-11)8-12(14)10(2)13(15)16/h9-12H,3-8,14H2,1-2H3,(H,15,16)/t9?,10?,12-/m0/s1. The van der Waals surface area contributed by atoms with E-state index in [1.807, 2.05) is 0 Å². The van der Waals surface area contributed by atoms with Crippen molar-refractivity contribution in [1.82, 2.24) is 0 Å². The van der Waals surface area contributed by atoms with Crippen molar-refractivity contribution in [3.63, 3.8) is 0 Å². The molecule has 1 aliphatic carbocycles. The van der Waals surface area contributed by atoms with Crippen molar-refractivity contribution in [3.8, 4) is 0 Å². The number of carboxylic acids is 1. The summed E-state index contributed by atoms with van der Waals surface area (Å²) in [6, 6.07) is -0.200. The van der Waals surface area contributed by atoms with E-state index < -0.39 is 11.9 Å². The predicted octanol–water partition coefficient (Wildman–Crippen LogP) is 2.64. The lowest BCUT2D eigenvalue weighted by molar-refractivity contribution is -0.141. The van der Waals surface area contributed by atoms with Crippen LogP contribution in [0.2, 0.25) is 0 Å². The Hall–Kier alpha value is -0.570. The van der Waals surface area contributed by atoms with Crippen molar-refractivity contribution in [2.75, 3.05) is 0 Å². The molecule has 0 spiro atoms. The normalized spacial score (nSPS) is 22.2. The number of carbonyl (C=O) groups is 1. The second kappa shape index (κ2) is 6.24. The molecule has 0 bridgehead atoms. The van der Waals surface area contributed by atoms with Gasteiger partial charge in [0.15, 0.2) is 0 Å². The minimum atomic E-state index is -0.779. The number of aliphatic carboxylic acids is 1. The van der Waals surface area contributed by atoms with Gasteiger partial charge in [0.25, 0.3) is 0 Å². The molecule has 0 aliphatic heterocycles. The van der Waals surface area contributed by atoms with Gasteiger partial charge in [-0.15, -0.1) is 0 Å². The monoisotopic (exact) mass is 227 g/mol. The Labute approximate surface area is 98.4 Å². The lowest BCUT2D eigenvalue weighted by Gasteiger charge is -2.27. The van der Waals surface area contributed by atoms with Crippen molar-refractivity contribution in [3.05, 3.63) is 0 Å². The first-order chi connectivity index (χ1) is 7.50. The molecule has 3 heteroatoms. The van der Waals surface area contributed by atoms with Crippen LogP contribution in [0.3, 0.4) is 0 Å². The van der Waals surface area contributed by atoms with Crippen LogP contribution < -0.4 is 5.73 Å². The Kier molecular flexibility index (Phi) is 5.26. The quantitative estimate of drug-likeness (QED) is 0.702. The Morgan fingerprint density at radius 2 is 2.06 bits per heavy atom. The van der Waals surface area contributed by atoms with E-state index in [1.165, 1.54) is 32.1 Å². The van der Waals surface area contributed by atoms with Crippen LogP contribution in [0.15, 0.2) is 0 Å². The molecule has 3 atom stereocenters. The van der Waals surface area contributed by atoms with Gasteiger partial charge >= 0.3 is 5.97 Å². The molecular formula is C13H25NO2. The second-order valence-electron chi connectivity index (χ2n) is 5.51. The first-order valence-electron chi connectivity index (χ1n) is 6.49. The molecule has 1 saturated carbocycles. The zero-order chi connectivity index (χ0) is 12.1. The average Bonchev–Trinajstić information content (AvgIpc) is 2.13. The molecule has 94 valence electrons. The molecule has 0 aromatic heterocycles. The van der Waals surface area contributed by atoms with Gasteiger partial charge in [-0.05, 0) is 18.3 Å². The summed E-state index contributed by atoms with van der Waals surface area (Å²) in [5.74, 6) is 0.290. The number of rotatable bonds is 7. The van der Waals surface area contributed by atoms with Crippen molar-refractivity contribution < 1.29 is 9.90 Å². The third kappa shape index (κ3) is 4.12. The summed E-state index contributed by atoms with van der Waals surface area (Å²) in [7, 11) is 0. The fourth-order valence-electron chi connectivity index (χ4n) is 2.27. The largest absolute Gasteiger partial charge is 0.481 e. The zero-order valence-corrected chi connectivity index (χ0v) is 10.5. The lowest BCUT2D eigenvalue weighted by atomic mass is 9.79. The second-order valence-corrected chi connectivity index (χ2v) is 5.51. The van der Waals surface area contributed by atoms with Crippen LogP contribution in [0.25, 0.3) is 0 Å². The Bertz CT molecular complexity index is 226. The fourth-order valence-corrected chi connectivity index (χ4v) is 2.27. The van der Waals surface area contributed by atoms with Crippen molar-refractivity contribution >= 4 is 5.97 Å². The lowest BCUT2D eigenvalue weighted by Crippen LogP contribution is -2.35. The SMILES string of the molecule is CC(CCC1CCC1)C[C@H](N)C(C)C(=O)O. The smallest absolute Gasteiger partial charge is 0.307 e. The predicted molar refractivity (Wildman–Crippen MR) is 65.1 cm³/mol. The van der Waals surface area contributed by atoms with E-state index in [1.54, 1.807) is 6.92 Å². The summed E-state index contributed by atoms with van der Waals surface area (Å²) in [6.07, 6.45) is 7.52. The summed E-state index contributed by atoms with van der Waals surface area (Å²) < 4.78 is 0. The highest BCUT2D eigenvalue weighted by Crippen LogP contribution is 2.32. The zero-order valence-electron chi connectivity index (χ0n) is 10.5. The van der Waals surface area contributed by atoms with Gasteiger partial charge in [0.2, 0.25) is 0 Å². The van der Waals surface area contributed by atoms with E-state index in [2.05, 4.69) is 6.92 Å². The van der Waals surface area contributed by atoms with Gasteiger partial charge in [0.1, 0.15) is 0 Å². The number of hydrogen-bond acceptors (Lipinski definition) is 2. The summed E-state index contributed by atoms with van der Waals surface area (Å²) in [5, 5.41) is 8.85. The molecule has 3 N–H and O–H groups in total. The molecule has 1 fully saturated rings. The van der Waals surface area contributed by atoms with E-state index in [4.69, 9.17) is 10.8 Å². The topological polar surface area (TPSA) is 63.3 Å². The van der Waals surface area contributed by atoms with Crippen LogP contribution in [0.1, 0.15) is 52.4 Å². The Morgan fingerprint density at radius 1 is 1.44 bits per heavy atom. The Balaban J connectivity index is 2.16. The minimum absolute atomic E-state index is 0.200. The van der Waals surface area contributed by atoms with Crippen molar-refractivity contribution in [2.24, 2.45) is 23.5 Å². The van der Waals surface area contributed by atoms with Crippen LogP contribution >= 0.6 is 0 Å². The molecule has 0 aromatic rings. The third-order valence-corrected chi connectivity index (χ3v) is 4.00. The molecule has 1 rings (SSSR count). The molecule has 0 aromatic carbocycles. The first-order valence-corrected chi connectivity index (χ1v) is 6.49. The van der Waals surface area contributed by atoms with Gasteiger partial charge in [-0.25, -0.2) is 0 Å². The Morgan fingerprint density at radius 3 is 2.50 bits per heavy atom. The van der Waals surface area contributed by atoms with Gasteiger partial charge in [-0.1, -0.05) is 46.0 Å². The molecule has 0 heterocycles. The summed E-state index contributed by atoms with van der Waals surface area (Å²) in [4.78, 5) is 10.8. The van der Waals surface area contributed by atoms with E-state index in [9.17, 15) is 4.79 Å². The van der Waals surface area contributed by atoms with Crippen LogP contribution in [0.4, 0.5) is 0 Å². The van der Waals surface area contributed by atoms with Crippen molar-refractivity contribution in [1.29, 1.82) is 0 Å². The van der Waals surface area contributed by atoms with Gasteiger partial charge < -0.3 is 10.8 Å². The highest BCUT2D eigenvalue weighted by Gasteiger charge is 2.23. The van der Waals surface area contributed by atoms with Crippen LogP contribution in [-0.2, 0) is 4.79 Å². The molecule has 0 radical (unpaired) electrons. The molecular weight excluding hydrogens is 202 g/mol. The molecule has 1 aliphatic rings.